The molecule has 18 heavy (non-hydrogen) atoms. The van der Waals surface area contributed by atoms with E-state index in [1.165, 1.54) is 43.6 Å². The van der Waals surface area contributed by atoms with Gasteiger partial charge < -0.3 is 10.1 Å². The van der Waals surface area contributed by atoms with Crippen LogP contribution in [-0.4, -0.2) is 37.7 Å². The van der Waals surface area contributed by atoms with Crippen molar-refractivity contribution in [2.24, 2.45) is 0 Å². The maximum Gasteiger partial charge on any atom is 0.119 e. The summed E-state index contributed by atoms with van der Waals surface area (Å²) in [5, 5.41) is 3.37. The van der Waals surface area contributed by atoms with E-state index in [4.69, 9.17) is 4.74 Å². The summed E-state index contributed by atoms with van der Waals surface area (Å²) >= 11 is 0. The van der Waals surface area contributed by atoms with Gasteiger partial charge in [0.05, 0.1) is 0 Å². The molecule has 3 nitrogen and oxygen atoms in total. The Kier molecular flexibility index (Phi) is 3.69. The first-order chi connectivity index (χ1) is 8.92. The molecule has 3 heteroatoms. The number of ether oxygens (including phenoxy) is 1. The molecular weight excluding hydrogens is 224 g/mol. The first-order valence-electron chi connectivity index (χ1n) is 7.14. The third kappa shape index (κ3) is 2.78. The lowest BCUT2D eigenvalue weighted by Crippen LogP contribution is -2.33. The fraction of sp³-hybridized carbons (Fsp3) is 0.600. The van der Waals surface area contributed by atoms with E-state index in [0.717, 1.165) is 31.9 Å². The smallest absolute Gasteiger partial charge is 0.119 e. The van der Waals surface area contributed by atoms with Crippen molar-refractivity contribution in [3.05, 3.63) is 23.8 Å². The predicted molar refractivity (Wildman–Crippen MR) is 74.4 cm³/mol. The van der Waals surface area contributed by atoms with Gasteiger partial charge >= 0.3 is 0 Å². The highest BCUT2D eigenvalue weighted by Gasteiger charge is 2.11. The van der Waals surface area contributed by atoms with E-state index in [1.54, 1.807) is 0 Å². The number of rotatable bonds is 4. The van der Waals surface area contributed by atoms with Crippen molar-refractivity contribution < 1.29 is 4.74 Å². The van der Waals surface area contributed by atoms with Crippen LogP contribution in [0.1, 0.15) is 24.8 Å². The van der Waals surface area contributed by atoms with Crippen molar-refractivity contribution in [1.82, 2.24) is 4.90 Å². The van der Waals surface area contributed by atoms with Crippen molar-refractivity contribution >= 4 is 5.69 Å². The summed E-state index contributed by atoms with van der Waals surface area (Å²) in [5.41, 5.74) is 2.67. The molecule has 0 unspecified atom stereocenters. The Hall–Kier alpha value is -1.22. The van der Waals surface area contributed by atoms with Crippen LogP contribution in [0, 0.1) is 0 Å². The first-order valence-corrected chi connectivity index (χ1v) is 7.14. The number of nitrogens with one attached hydrogen (secondary N) is 1. The summed E-state index contributed by atoms with van der Waals surface area (Å²) in [6.45, 7) is 5.43. The molecular formula is C15H22N2O. The van der Waals surface area contributed by atoms with E-state index < -0.39 is 0 Å². The fourth-order valence-corrected chi connectivity index (χ4v) is 2.85. The van der Waals surface area contributed by atoms with Crippen LogP contribution in [0.3, 0.4) is 0 Å². The van der Waals surface area contributed by atoms with E-state index in [1.807, 2.05) is 0 Å². The van der Waals surface area contributed by atoms with Crippen LogP contribution in [0.5, 0.6) is 5.75 Å². The summed E-state index contributed by atoms with van der Waals surface area (Å²) in [6, 6.07) is 6.40. The molecule has 0 saturated carbocycles. The van der Waals surface area contributed by atoms with E-state index in [2.05, 4.69) is 28.4 Å². The molecule has 0 aliphatic carbocycles. The Labute approximate surface area is 109 Å². The third-order valence-corrected chi connectivity index (χ3v) is 3.91. The monoisotopic (exact) mass is 246 g/mol. The largest absolute Gasteiger partial charge is 0.492 e. The highest BCUT2D eigenvalue weighted by molar-refractivity contribution is 5.57. The second-order valence-corrected chi connectivity index (χ2v) is 5.25. The number of fused-ring (bicyclic) bond motifs is 1. The van der Waals surface area contributed by atoms with Gasteiger partial charge in [0, 0.05) is 18.8 Å². The lowest BCUT2D eigenvalue weighted by molar-refractivity contribution is 0.183. The molecule has 2 aliphatic rings. The second-order valence-electron chi connectivity index (χ2n) is 5.25. The van der Waals surface area contributed by atoms with Gasteiger partial charge in [-0.2, -0.15) is 0 Å². The third-order valence-electron chi connectivity index (χ3n) is 3.91. The summed E-state index contributed by atoms with van der Waals surface area (Å²) < 4.78 is 5.86. The predicted octanol–water partition coefficient (Wildman–Crippen LogP) is 2.52. The molecule has 1 fully saturated rings. The summed E-state index contributed by atoms with van der Waals surface area (Å²) in [7, 11) is 0. The molecule has 0 spiro atoms. The maximum atomic E-state index is 5.86. The number of benzene rings is 1. The van der Waals surface area contributed by atoms with Gasteiger partial charge in [-0.25, -0.2) is 0 Å². The number of likely N-dealkylation sites (tertiary alicyclic amines) is 1. The first kappa shape index (κ1) is 11.8. The van der Waals surface area contributed by atoms with Gasteiger partial charge in [0.2, 0.25) is 0 Å². The lowest BCUT2D eigenvalue weighted by Gasteiger charge is -2.26. The molecule has 0 amide bonds. The lowest BCUT2D eigenvalue weighted by atomic mass is 10.1. The molecule has 0 atom stereocenters. The van der Waals surface area contributed by atoms with Crippen molar-refractivity contribution in [3.8, 4) is 5.75 Å². The molecule has 1 aromatic carbocycles. The highest BCUT2D eigenvalue weighted by atomic mass is 16.5. The highest BCUT2D eigenvalue weighted by Crippen LogP contribution is 2.26. The van der Waals surface area contributed by atoms with Crippen LogP contribution >= 0.6 is 0 Å². The van der Waals surface area contributed by atoms with Crippen LogP contribution in [0.2, 0.25) is 0 Å². The molecule has 3 rings (SSSR count). The van der Waals surface area contributed by atoms with Crippen LogP contribution in [0.25, 0.3) is 0 Å². The molecule has 0 radical (unpaired) electrons. The zero-order valence-electron chi connectivity index (χ0n) is 11.0. The SMILES string of the molecule is c1cc2c(cc1OCCN1CCCCC1)CCN2. The van der Waals surface area contributed by atoms with E-state index in [-0.39, 0.29) is 0 Å². The Morgan fingerprint density at radius 1 is 1.17 bits per heavy atom. The number of hydrogen-bond acceptors (Lipinski definition) is 3. The topological polar surface area (TPSA) is 24.5 Å². The number of hydrogen-bond donors (Lipinski definition) is 1. The normalized spacial score (nSPS) is 19.3. The average molecular weight is 246 g/mol. The van der Waals surface area contributed by atoms with Gasteiger partial charge in [-0.3, -0.25) is 4.90 Å². The molecule has 2 aliphatic heterocycles. The minimum atomic E-state index is 0.812. The van der Waals surface area contributed by atoms with Crippen molar-refractivity contribution in [1.29, 1.82) is 0 Å². The molecule has 0 aromatic heterocycles. The minimum absolute atomic E-state index is 0.812. The number of nitrogens with zero attached hydrogens (tertiary/aromatic N) is 1. The summed E-state index contributed by atoms with van der Waals surface area (Å²) in [6.07, 6.45) is 5.23. The van der Waals surface area contributed by atoms with Crippen molar-refractivity contribution in [2.45, 2.75) is 25.7 Å². The Morgan fingerprint density at radius 2 is 2.06 bits per heavy atom. The van der Waals surface area contributed by atoms with E-state index in [0.29, 0.717) is 0 Å². The zero-order chi connectivity index (χ0) is 12.2. The van der Waals surface area contributed by atoms with Crippen LogP contribution in [-0.2, 0) is 6.42 Å². The van der Waals surface area contributed by atoms with E-state index in [9.17, 15) is 0 Å². The summed E-state index contributed by atoms with van der Waals surface area (Å²) in [4.78, 5) is 2.51. The molecule has 2 heterocycles. The van der Waals surface area contributed by atoms with Gasteiger partial charge in [-0.05, 0) is 56.1 Å². The second kappa shape index (κ2) is 5.61. The van der Waals surface area contributed by atoms with E-state index >= 15 is 0 Å². The molecule has 1 N–H and O–H groups in total. The van der Waals surface area contributed by atoms with Crippen LogP contribution in [0.4, 0.5) is 5.69 Å². The van der Waals surface area contributed by atoms with Gasteiger partial charge in [0.1, 0.15) is 12.4 Å². The van der Waals surface area contributed by atoms with Crippen LogP contribution < -0.4 is 10.1 Å². The Morgan fingerprint density at radius 3 is 2.94 bits per heavy atom. The number of piperidine rings is 1. The molecule has 1 aromatic rings. The standard InChI is InChI=1S/C15H22N2O/c1-2-8-17(9-3-1)10-11-18-14-4-5-15-13(12-14)6-7-16-15/h4-5,12,16H,1-3,6-11H2. The quantitative estimate of drug-likeness (QED) is 0.883. The van der Waals surface area contributed by atoms with Gasteiger partial charge in [0.25, 0.3) is 0 Å². The molecule has 1 saturated heterocycles. The van der Waals surface area contributed by atoms with Crippen molar-refractivity contribution in [2.75, 3.05) is 38.1 Å². The Bertz CT molecular complexity index is 399. The van der Waals surface area contributed by atoms with Gasteiger partial charge in [0.15, 0.2) is 0 Å². The van der Waals surface area contributed by atoms with Crippen LogP contribution in [0.15, 0.2) is 18.2 Å². The van der Waals surface area contributed by atoms with Crippen molar-refractivity contribution in [3.63, 3.8) is 0 Å². The average Bonchev–Trinajstić information content (AvgIpc) is 2.87. The van der Waals surface area contributed by atoms with Gasteiger partial charge in [-0.15, -0.1) is 0 Å². The fourth-order valence-electron chi connectivity index (χ4n) is 2.85. The molecule has 0 bridgehead atoms. The Balaban J connectivity index is 1.48. The zero-order valence-corrected chi connectivity index (χ0v) is 11.0. The van der Waals surface area contributed by atoms with Gasteiger partial charge in [-0.1, -0.05) is 6.42 Å². The molecule has 98 valence electrons. The summed E-state index contributed by atoms with van der Waals surface area (Å²) in [5.74, 6) is 1.02. The maximum absolute atomic E-state index is 5.86. The number of anilines is 1. The minimum Gasteiger partial charge on any atom is -0.492 e.